The van der Waals surface area contributed by atoms with Crippen LogP contribution in [0.15, 0.2) is 23.8 Å². The fourth-order valence-electron chi connectivity index (χ4n) is 1.86. The Morgan fingerprint density at radius 3 is 3.08 bits per heavy atom. The van der Waals surface area contributed by atoms with Crippen molar-refractivity contribution in [3.8, 4) is 6.07 Å². The SMILES string of the molecule is COC12C=C(C=O)C=CC1(C#N)C2. The van der Waals surface area contributed by atoms with Gasteiger partial charge in [0, 0.05) is 19.1 Å². The summed E-state index contributed by atoms with van der Waals surface area (Å²) < 4.78 is 5.27. The lowest BCUT2D eigenvalue weighted by molar-refractivity contribution is -0.104. The van der Waals surface area contributed by atoms with Crippen LogP contribution in [0.25, 0.3) is 0 Å². The molecule has 2 rings (SSSR count). The lowest BCUT2D eigenvalue weighted by Gasteiger charge is -2.16. The standard InChI is InChI=1S/C10H9NO2/c1-13-10-4-8(5-12)2-3-9(10,6-10)7-11/h2-5H,6H2,1H3. The number of carbonyl (C=O) groups excluding carboxylic acids is 1. The van der Waals surface area contributed by atoms with E-state index in [9.17, 15) is 4.79 Å². The van der Waals surface area contributed by atoms with E-state index < -0.39 is 11.0 Å². The van der Waals surface area contributed by atoms with Crippen molar-refractivity contribution in [1.82, 2.24) is 0 Å². The van der Waals surface area contributed by atoms with Gasteiger partial charge in [0.1, 0.15) is 17.3 Å². The van der Waals surface area contributed by atoms with Gasteiger partial charge in [-0.1, -0.05) is 12.2 Å². The van der Waals surface area contributed by atoms with Crippen molar-refractivity contribution in [1.29, 1.82) is 5.26 Å². The molecule has 3 nitrogen and oxygen atoms in total. The zero-order valence-electron chi connectivity index (χ0n) is 7.28. The average molecular weight is 175 g/mol. The van der Waals surface area contributed by atoms with Gasteiger partial charge in [0.25, 0.3) is 0 Å². The topological polar surface area (TPSA) is 50.1 Å². The summed E-state index contributed by atoms with van der Waals surface area (Å²) in [5, 5.41) is 8.95. The van der Waals surface area contributed by atoms with Gasteiger partial charge in [-0.15, -0.1) is 0 Å². The molecule has 2 aliphatic carbocycles. The highest BCUT2D eigenvalue weighted by Crippen LogP contribution is 2.62. The van der Waals surface area contributed by atoms with Gasteiger partial charge in [-0.3, -0.25) is 4.79 Å². The minimum Gasteiger partial charge on any atom is -0.372 e. The maximum absolute atomic E-state index is 10.5. The molecule has 0 aromatic carbocycles. The summed E-state index contributed by atoms with van der Waals surface area (Å²) in [5.74, 6) is 0. The maximum atomic E-state index is 10.5. The van der Waals surface area contributed by atoms with E-state index in [4.69, 9.17) is 10.00 Å². The molecule has 0 aliphatic heterocycles. The smallest absolute Gasteiger partial charge is 0.149 e. The summed E-state index contributed by atoms with van der Waals surface area (Å²) >= 11 is 0. The summed E-state index contributed by atoms with van der Waals surface area (Å²) in [6.45, 7) is 0. The molecule has 0 saturated heterocycles. The molecule has 1 saturated carbocycles. The first-order valence-electron chi connectivity index (χ1n) is 4.06. The van der Waals surface area contributed by atoms with E-state index >= 15 is 0 Å². The van der Waals surface area contributed by atoms with Gasteiger partial charge in [0.05, 0.1) is 6.07 Å². The van der Waals surface area contributed by atoms with E-state index in [2.05, 4.69) is 6.07 Å². The van der Waals surface area contributed by atoms with Gasteiger partial charge < -0.3 is 4.74 Å². The first-order valence-corrected chi connectivity index (χ1v) is 4.06. The number of nitriles is 1. The van der Waals surface area contributed by atoms with Crippen LogP contribution in [-0.2, 0) is 9.53 Å². The Morgan fingerprint density at radius 1 is 1.77 bits per heavy atom. The van der Waals surface area contributed by atoms with Crippen molar-refractivity contribution in [3.05, 3.63) is 23.8 Å². The van der Waals surface area contributed by atoms with Crippen LogP contribution in [-0.4, -0.2) is 19.0 Å². The number of methoxy groups -OCH3 is 1. The van der Waals surface area contributed by atoms with Crippen LogP contribution in [0.1, 0.15) is 6.42 Å². The molecular formula is C10H9NO2. The highest BCUT2D eigenvalue weighted by atomic mass is 16.5. The molecule has 0 spiro atoms. The molecule has 2 atom stereocenters. The van der Waals surface area contributed by atoms with Crippen molar-refractivity contribution >= 4 is 6.29 Å². The van der Waals surface area contributed by atoms with Crippen molar-refractivity contribution in [2.75, 3.05) is 7.11 Å². The Hall–Kier alpha value is -1.40. The summed E-state index contributed by atoms with van der Waals surface area (Å²) in [6.07, 6.45) is 6.61. The van der Waals surface area contributed by atoms with Gasteiger partial charge in [-0.2, -0.15) is 5.26 Å². The van der Waals surface area contributed by atoms with Gasteiger partial charge >= 0.3 is 0 Å². The molecule has 0 radical (unpaired) electrons. The Kier molecular flexibility index (Phi) is 1.45. The minimum absolute atomic E-state index is 0.520. The molecule has 3 heteroatoms. The number of ether oxygens (including phenoxy) is 1. The van der Waals surface area contributed by atoms with Crippen LogP contribution in [0.4, 0.5) is 0 Å². The molecular weight excluding hydrogens is 166 g/mol. The third kappa shape index (κ3) is 0.837. The number of rotatable bonds is 2. The zero-order valence-corrected chi connectivity index (χ0v) is 7.28. The second-order valence-corrected chi connectivity index (χ2v) is 3.45. The summed E-state index contributed by atoms with van der Waals surface area (Å²) in [5.41, 5.74) is -0.466. The number of hydrogen-bond donors (Lipinski definition) is 0. The van der Waals surface area contributed by atoms with E-state index in [0.717, 1.165) is 6.29 Å². The Balaban J connectivity index is 2.41. The molecule has 2 aliphatic rings. The van der Waals surface area contributed by atoms with Crippen molar-refractivity contribution < 1.29 is 9.53 Å². The fraction of sp³-hybridized carbons (Fsp3) is 0.400. The molecule has 1 fully saturated rings. The number of aldehydes is 1. The van der Waals surface area contributed by atoms with Gasteiger partial charge in [-0.25, -0.2) is 0 Å². The molecule has 66 valence electrons. The van der Waals surface area contributed by atoms with Gasteiger partial charge in [-0.05, 0) is 6.08 Å². The van der Waals surface area contributed by atoms with Crippen molar-refractivity contribution in [2.24, 2.45) is 5.41 Å². The highest BCUT2D eigenvalue weighted by Gasteiger charge is 2.68. The van der Waals surface area contributed by atoms with Crippen LogP contribution in [0.2, 0.25) is 0 Å². The Morgan fingerprint density at radius 2 is 2.54 bits per heavy atom. The van der Waals surface area contributed by atoms with Crippen LogP contribution >= 0.6 is 0 Å². The third-order valence-electron chi connectivity index (χ3n) is 2.83. The van der Waals surface area contributed by atoms with Crippen LogP contribution in [0.3, 0.4) is 0 Å². The summed E-state index contributed by atoms with van der Waals surface area (Å²) in [4.78, 5) is 10.5. The number of nitrogens with zero attached hydrogens (tertiary/aromatic N) is 1. The molecule has 0 bridgehead atoms. The van der Waals surface area contributed by atoms with Crippen molar-refractivity contribution in [3.63, 3.8) is 0 Å². The molecule has 0 aromatic rings. The average Bonchev–Trinajstić information content (AvgIpc) is 2.87. The second-order valence-electron chi connectivity index (χ2n) is 3.45. The van der Waals surface area contributed by atoms with E-state index in [1.54, 1.807) is 25.3 Å². The molecule has 2 unspecified atom stereocenters. The maximum Gasteiger partial charge on any atom is 0.149 e. The third-order valence-corrected chi connectivity index (χ3v) is 2.83. The molecule has 0 amide bonds. The molecule has 13 heavy (non-hydrogen) atoms. The van der Waals surface area contributed by atoms with Gasteiger partial charge in [0.15, 0.2) is 0 Å². The largest absolute Gasteiger partial charge is 0.372 e. The first kappa shape index (κ1) is 8.21. The lowest BCUT2D eigenvalue weighted by Crippen LogP contribution is -2.21. The lowest BCUT2D eigenvalue weighted by atomic mass is 9.95. The van der Waals surface area contributed by atoms with E-state index in [0.29, 0.717) is 12.0 Å². The van der Waals surface area contributed by atoms with E-state index in [1.165, 1.54) is 0 Å². The van der Waals surface area contributed by atoms with Crippen LogP contribution < -0.4 is 0 Å². The predicted molar refractivity (Wildman–Crippen MR) is 45.7 cm³/mol. The molecule has 0 aromatic heterocycles. The van der Waals surface area contributed by atoms with Crippen LogP contribution in [0, 0.1) is 16.7 Å². The fourth-order valence-corrected chi connectivity index (χ4v) is 1.86. The number of carbonyl (C=O) groups is 1. The Bertz CT molecular complexity index is 364. The molecule has 0 N–H and O–H groups in total. The van der Waals surface area contributed by atoms with Gasteiger partial charge in [0.2, 0.25) is 0 Å². The minimum atomic E-state index is -0.535. The van der Waals surface area contributed by atoms with Crippen molar-refractivity contribution in [2.45, 2.75) is 12.0 Å². The number of fused-ring (bicyclic) bond motifs is 1. The number of allylic oxidation sites excluding steroid dienone is 2. The monoisotopic (exact) mass is 175 g/mol. The second kappa shape index (κ2) is 2.30. The first-order chi connectivity index (χ1) is 6.22. The zero-order chi connectivity index (χ0) is 9.53. The predicted octanol–water partition coefficient (Wildman–Crippen LogP) is 0.980. The summed E-state index contributed by atoms with van der Waals surface area (Å²) in [7, 11) is 1.57. The Labute approximate surface area is 76.3 Å². The normalized spacial score (nSPS) is 40.2. The highest BCUT2D eigenvalue weighted by molar-refractivity contribution is 5.80. The summed E-state index contributed by atoms with van der Waals surface area (Å²) in [6, 6.07) is 2.22. The quantitative estimate of drug-likeness (QED) is 0.588. The van der Waals surface area contributed by atoms with Crippen LogP contribution in [0.5, 0.6) is 0 Å². The molecule has 0 heterocycles. The van der Waals surface area contributed by atoms with E-state index in [1.807, 2.05) is 0 Å². The van der Waals surface area contributed by atoms with E-state index in [-0.39, 0.29) is 0 Å². The number of hydrogen-bond acceptors (Lipinski definition) is 3.